The molecular weight excluding hydrogens is 504 g/mol. The van der Waals surface area contributed by atoms with Crippen LogP contribution in [-0.2, 0) is 6.42 Å². The van der Waals surface area contributed by atoms with E-state index in [4.69, 9.17) is 14.7 Å². The zero-order valence-electron chi connectivity index (χ0n) is 21.4. The minimum absolute atomic E-state index is 0.204. The molecule has 200 valence electrons. The number of anilines is 2. The Morgan fingerprint density at radius 1 is 1.16 bits per heavy atom. The summed E-state index contributed by atoms with van der Waals surface area (Å²) in [5.74, 6) is 1.19. The van der Waals surface area contributed by atoms with Gasteiger partial charge in [0.15, 0.2) is 5.72 Å². The highest BCUT2D eigenvalue weighted by Crippen LogP contribution is 2.40. The Balaban J connectivity index is 1.42. The van der Waals surface area contributed by atoms with Gasteiger partial charge in [0.25, 0.3) is 0 Å². The van der Waals surface area contributed by atoms with Gasteiger partial charge in [-0.05, 0) is 56.9 Å². The molecule has 0 radical (unpaired) electrons. The number of thiazole rings is 1. The van der Waals surface area contributed by atoms with Crippen LogP contribution in [0.5, 0.6) is 5.75 Å². The van der Waals surface area contributed by atoms with E-state index in [0.717, 1.165) is 28.0 Å². The van der Waals surface area contributed by atoms with Crippen LogP contribution in [-0.4, -0.2) is 66.8 Å². The lowest BCUT2D eigenvalue weighted by Gasteiger charge is -2.31. The average Bonchev–Trinajstić information content (AvgIpc) is 3.45. The van der Waals surface area contributed by atoms with Crippen molar-refractivity contribution in [2.24, 2.45) is 5.92 Å². The summed E-state index contributed by atoms with van der Waals surface area (Å²) in [6, 6.07) is 9.88. The number of hydrogen-bond acceptors (Lipinski definition) is 11. The molecule has 3 heterocycles. The van der Waals surface area contributed by atoms with Gasteiger partial charge in [0.2, 0.25) is 5.95 Å². The number of aryl methyl sites for hydroxylation is 1. The SMILES string of the molecule is CCOc1ccc(CCNc2nc(C)c(-c3nc4cnccc4s3)c(N[C@@]3(O)CC[C@H](CO)[C@H]3O)n2)cc1. The summed E-state index contributed by atoms with van der Waals surface area (Å²) in [5, 5.41) is 38.7. The third kappa shape index (κ3) is 5.41. The van der Waals surface area contributed by atoms with Gasteiger partial charge in [0.05, 0.1) is 28.8 Å². The van der Waals surface area contributed by atoms with E-state index < -0.39 is 17.7 Å². The second-order valence-corrected chi connectivity index (χ2v) is 10.5. The van der Waals surface area contributed by atoms with Crippen LogP contribution in [0.3, 0.4) is 0 Å². The minimum Gasteiger partial charge on any atom is -0.494 e. The smallest absolute Gasteiger partial charge is 0.224 e. The standard InChI is InChI=1S/C27H32N6O4S/c1-3-37-19-6-4-17(5-7-19)9-13-29-26-30-16(2)22(25-31-20-14-28-12-10-21(20)38-25)24(32-26)33-27(36)11-8-18(15-34)23(27)35/h4-7,10,12,14,18,23,34-36H,3,8-9,11,13,15H2,1-2H3,(H2,29,30,32,33)/t18-,23-,27-/m1/s1. The van der Waals surface area contributed by atoms with Crippen molar-refractivity contribution in [1.29, 1.82) is 0 Å². The zero-order chi connectivity index (χ0) is 26.7. The van der Waals surface area contributed by atoms with Crippen molar-refractivity contribution in [1.82, 2.24) is 19.9 Å². The quantitative estimate of drug-likeness (QED) is 0.191. The predicted molar refractivity (Wildman–Crippen MR) is 147 cm³/mol. The molecule has 38 heavy (non-hydrogen) atoms. The maximum Gasteiger partial charge on any atom is 0.224 e. The summed E-state index contributed by atoms with van der Waals surface area (Å²) in [5.41, 5.74) is 1.59. The van der Waals surface area contributed by atoms with Crippen LogP contribution in [0.1, 0.15) is 31.0 Å². The molecule has 11 heteroatoms. The first kappa shape index (κ1) is 26.2. The lowest BCUT2D eigenvalue weighted by molar-refractivity contribution is -0.0545. The molecule has 1 aromatic carbocycles. The molecule has 5 N–H and O–H groups in total. The highest BCUT2D eigenvalue weighted by atomic mass is 32.1. The van der Waals surface area contributed by atoms with E-state index >= 15 is 0 Å². The average molecular weight is 537 g/mol. The van der Waals surface area contributed by atoms with E-state index in [0.29, 0.717) is 47.6 Å². The fourth-order valence-corrected chi connectivity index (χ4v) is 5.79. The summed E-state index contributed by atoms with van der Waals surface area (Å²) in [4.78, 5) is 18.3. The van der Waals surface area contributed by atoms with E-state index in [1.54, 1.807) is 12.4 Å². The molecule has 0 unspecified atom stereocenters. The number of nitrogens with one attached hydrogen (secondary N) is 2. The number of ether oxygens (including phenoxy) is 1. The molecule has 0 spiro atoms. The van der Waals surface area contributed by atoms with Crippen molar-refractivity contribution in [3.05, 3.63) is 54.0 Å². The van der Waals surface area contributed by atoms with E-state index in [1.807, 2.05) is 44.2 Å². The van der Waals surface area contributed by atoms with E-state index in [-0.39, 0.29) is 13.0 Å². The molecule has 1 fully saturated rings. The number of hydrogen-bond donors (Lipinski definition) is 5. The molecule has 5 rings (SSSR count). The van der Waals surface area contributed by atoms with Gasteiger partial charge < -0.3 is 30.7 Å². The predicted octanol–water partition coefficient (Wildman–Crippen LogP) is 3.37. The monoisotopic (exact) mass is 536 g/mol. The van der Waals surface area contributed by atoms with Crippen LogP contribution < -0.4 is 15.4 Å². The van der Waals surface area contributed by atoms with Gasteiger partial charge in [-0.1, -0.05) is 12.1 Å². The van der Waals surface area contributed by atoms with Gasteiger partial charge in [-0.15, -0.1) is 11.3 Å². The molecule has 0 amide bonds. The zero-order valence-corrected chi connectivity index (χ0v) is 22.2. The molecule has 3 atom stereocenters. The van der Waals surface area contributed by atoms with Crippen molar-refractivity contribution >= 4 is 33.3 Å². The second-order valence-electron chi connectivity index (χ2n) is 9.45. The van der Waals surface area contributed by atoms with Gasteiger partial charge in [0, 0.05) is 25.3 Å². The van der Waals surface area contributed by atoms with Gasteiger partial charge in [-0.25, -0.2) is 9.97 Å². The van der Waals surface area contributed by atoms with Crippen LogP contribution >= 0.6 is 11.3 Å². The minimum atomic E-state index is -1.64. The Kier molecular flexibility index (Phi) is 7.70. The van der Waals surface area contributed by atoms with Crippen LogP contribution in [0.4, 0.5) is 11.8 Å². The Labute approximate surface area is 224 Å². The molecular formula is C27H32N6O4S. The number of aliphatic hydroxyl groups excluding tert-OH is 2. The molecule has 1 saturated carbocycles. The summed E-state index contributed by atoms with van der Waals surface area (Å²) in [7, 11) is 0. The Hall–Kier alpha value is -3.38. The number of benzene rings is 1. The lowest BCUT2D eigenvalue weighted by atomic mass is 10.0. The van der Waals surface area contributed by atoms with Crippen molar-refractivity contribution in [2.45, 2.75) is 44.9 Å². The van der Waals surface area contributed by atoms with Gasteiger partial charge >= 0.3 is 0 Å². The first-order valence-electron chi connectivity index (χ1n) is 12.7. The van der Waals surface area contributed by atoms with Gasteiger partial charge in [-0.2, -0.15) is 4.98 Å². The van der Waals surface area contributed by atoms with Crippen LogP contribution in [0.15, 0.2) is 42.7 Å². The number of aromatic nitrogens is 4. The highest BCUT2D eigenvalue weighted by Gasteiger charge is 2.47. The van der Waals surface area contributed by atoms with Crippen molar-refractivity contribution in [3.63, 3.8) is 0 Å². The summed E-state index contributed by atoms with van der Waals surface area (Å²) < 4.78 is 6.48. The topological polar surface area (TPSA) is 146 Å². The highest BCUT2D eigenvalue weighted by molar-refractivity contribution is 7.21. The number of fused-ring (bicyclic) bond motifs is 1. The molecule has 0 bridgehead atoms. The Bertz CT molecular complexity index is 1370. The first-order chi connectivity index (χ1) is 18.4. The Morgan fingerprint density at radius 2 is 1.97 bits per heavy atom. The van der Waals surface area contributed by atoms with E-state index in [9.17, 15) is 15.3 Å². The maximum atomic E-state index is 11.3. The van der Waals surface area contributed by atoms with E-state index in [1.165, 1.54) is 11.3 Å². The van der Waals surface area contributed by atoms with Crippen LogP contribution in [0.25, 0.3) is 20.8 Å². The largest absolute Gasteiger partial charge is 0.494 e. The molecule has 4 aromatic rings. The molecule has 1 aliphatic rings. The number of rotatable bonds is 10. The lowest BCUT2D eigenvalue weighted by Crippen LogP contribution is -2.48. The normalized spacial score (nSPS) is 21.1. The first-order valence-corrected chi connectivity index (χ1v) is 13.6. The second kappa shape index (κ2) is 11.2. The fraction of sp³-hybridized carbons (Fsp3) is 0.407. The van der Waals surface area contributed by atoms with Gasteiger partial charge in [-0.3, -0.25) is 4.98 Å². The number of nitrogens with zero attached hydrogens (tertiary/aromatic N) is 4. The molecule has 0 saturated heterocycles. The van der Waals surface area contributed by atoms with Crippen LogP contribution in [0.2, 0.25) is 0 Å². The van der Waals surface area contributed by atoms with Crippen molar-refractivity contribution < 1.29 is 20.1 Å². The van der Waals surface area contributed by atoms with Crippen molar-refractivity contribution in [3.8, 4) is 16.3 Å². The van der Waals surface area contributed by atoms with Crippen LogP contribution in [0, 0.1) is 12.8 Å². The summed E-state index contributed by atoms with van der Waals surface area (Å²) >= 11 is 1.48. The summed E-state index contributed by atoms with van der Waals surface area (Å²) in [6.07, 6.45) is 3.79. The number of aliphatic hydroxyl groups is 3. The molecule has 1 aliphatic carbocycles. The fourth-order valence-electron chi connectivity index (χ4n) is 4.76. The third-order valence-electron chi connectivity index (χ3n) is 6.83. The van der Waals surface area contributed by atoms with Gasteiger partial charge in [0.1, 0.15) is 28.2 Å². The maximum absolute atomic E-state index is 11.3. The molecule has 0 aliphatic heterocycles. The Morgan fingerprint density at radius 3 is 2.68 bits per heavy atom. The number of pyridine rings is 1. The molecule has 3 aromatic heterocycles. The van der Waals surface area contributed by atoms with Crippen molar-refractivity contribution in [2.75, 3.05) is 30.4 Å². The van der Waals surface area contributed by atoms with E-state index in [2.05, 4.69) is 20.6 Å². The molecule has 10 nitrogen and oxygen atoms in total. The summed E-state index contributed by atoms with van der Waals surface area (Å²) in [6.45, 7) is 4.85. The third-order valence-corrected chi connectivity index (χ3v) is 7.88.